The van der Waals surface area contributed by atoms with Crippen LogP contribution in [0.25, 0.3) is 0 Å². The smallest absolute Gasteiger partial charge is 0.170 e. The molecule has 0 saturated carbocycles. The largest absolute Gasteiger partial charge is 0.472 e. The SMILES string of the molecule is Cc1cc(C)c(CC(=O)c2ccoc2)c(C)c1. The van der Waals surface area contributed by atoms with Crippen molar-refractivity contribution in [3.05, 3.63) is 58.5 Å². The van der Waals surface area contributed by atoms with Gasteiger partial charge < -0.3 is 4.42 Å². The third-order valence-corrected chi connectivity index (χ3v) is 3.02. The van der Waals surface area contributed by atoms with Crippen LogP contribution in [0, 0.1) is 20.8 Å². The van der Waals surface area contributed by atoms with Crippen molar-refractivity contribution in [3.63, 3.8) is 0 Å². The summed E-state index contributed by atoms with van der Waals surface area (Å²) in [6, 6.07) is 5.94. The second kappa shape index (κ2) is 4.58. The van der Waals surface area contributed by atoms with Gasteiger partial charge >= 0.3 is 0 Å². The molecular formula is C15H16O2. The van der Waals surface area contributed by atoms with Crippen LogP contribution in [0.15, 0.2) is 35.1 Å². The van der Waals surface area contributed by atoms with Gasteiger partial charge in [0.25, 0.3) is 0 Å². The summed E-state index contributed by atoms with van der Waals surface area (Å²) in [7, 11) is 0. The molecule has 0 amide bonds. The predicted molar refractivity (Wildman–Crippen MR) is 67.4 cm³/mol. The Balaban J connectivity index is 2.28. The molecule has 0 aliphatic rings. The zero-order valence-electron chi connectivity index (χ0n) is 10.4. The van der Waals surface area contributed by atoms with Gasteiger partial charge in [0.05, 0.1) is 11.8 Å². The zero-order valence-corrected chi connectivity index (χ0v) is 10.4. The maximum atomic E-state index is 12.0. The van der Waals surface area contributed by atoms with Gasteiger partial charge in [-0.1, -0.05) is 17.7 Å². The monoisotopic (exact) mass is 228 g/mol. The third-order valence-electron chi connectivity index (χ3n) is 3.02. The molecule has 1 heterocycles. The number of ketones is 1. The molecular weight excluding hydrogens is 212 g/mol. The highest BCUT2D eigenvalue weighted by Crippen LogP contribution is 2.18. The van der Waals surface area contributed by atoms with E-state index in [0.717, 1.165) is 5.56 Å². The van der Waals surface area contributed by atoms with E-state index in [4.69, 9.17) is 4.42 Å². The lowest BCUT2D eigenvalue weighted by atomic mass is 9.94. The summed E-state index contributed by atoms with van der Waals surface area (Å²) in [5.41, 5.74) is 5.37. The van der Waals surface area contributed by atoms with E-state index < -0.39 is 0 Å². The molecule has 0 aliphatic heterocycles. The molecule has 0 aliphatic carbocycles. The summed E-state index contributed by atoms with van der Waals surface area (Å²) >= 11 is 0. The fourth-order valence-electron chi connectivity index (χ4n) is 2.17. The van der Waals surface area contributed by atoms with E-state index in [1.807, 2.05) is 0 Å². The number of hydrogen-bond donors (Lipinski definition) is 0. The summed E-state index contributed by atoms with van der Waals surface area (Å²) in [5, 5.41) is 0. The predicted octanol–water partition coefficient (Wildman–Crippen LogP) is 3.63. The summed E-state index contributed by atoms with van der Waals surface area (Å²) in [6.07, 6.45) is 3.47. The highest BCUT2D eigenvalue weighted by molar-refractivity contribution is 5.97. The number of rotatable bonds is 3. The highest BCUT2D eigenvalue weighted by Gasteiger charge is 2.12. The van der Waals surface area contributed by atoms with E-state index in [-0.39, 0.29) is 5.78 Å². The van der Waals surface area contributed by atoms with Crippen LogP contribution in [-0.2, 0) is 6.42 Å². The van der Waals surface area contributed by atoms with Gasteiger partial charge in [0, 0.05) is 6.42 Å². The average molecular weight is 228 g/mol. The minimum atomic E-state index is 0.105. The van der Waals surface area contributed by atoms with Gasteiger partial charge in [0.2, 0.25) is 0 Å². The van der Waals surface area contributed by atoms with Crippen LogP contribution in [0.2, 0.25) is 0 Å². The highest BCUT2D eigenvalue weighted by atomic mass is 16.3. The first-order chi connectivity index (χ1) is 8.08. The first kappa shape index (κ1) is 11.6. The molecule has 2 aromatic rings. The maximum Gasteiger partial charge on any atom is 0.170 e. The van der Waals surface area contributed by atoms with Gasteiger partial charge in [-0.15, -0.1) is 0 Å². The third kappa shape index (κ3) is 2.47. The zero-order chi connectivity index (χ0) is 12.4. The maximum absolute atomic E-state index is 12.0. The van der Waals surface area contributed by atoms with E-state index in [0.29, 0.717) is 12.0 Å². The first-order valence-corrected chi connectivity index (χ1v) is 5.70. The number of hydrogen-bond acceptors (Lipinski definition) is 2. The van der Waals surface area contributed by atoms with Crippen molar-refractivity contribution < 1.29 is 9.21 Å². The quantitative estimate of drug-likeness (QED) is 0.751. The average Bonchev–Trinajstić information content (AvgIpc) is 2.76. The van der Waals surface area contributed by atoms with E-state index in [1.165, 1.54) is 29.2 Å². The molecule has 17 heavy (non-hydrogen) atoms. The Labute approximate surface area is 101 Å². The van der Waals surface area contributed by atoms with Gasteiger partial charge in [0.15, 0.2) is 5.78 Å². The fourth-order valence-corrected chi connectivity index (χ4v) is 2.17. The summed E-state index contributed by atoms with van der Waals surface area (Å²) < 4.78 is 4.93. The Morgan fingerprint density at radius 3 is 2.35 bits per heavy atom. The van der Waals surface area contributed by atoms with Crippen molar-refractivity contribution in [2.75, 3.05) is 0 Å². The number of carbonyl (C=O) groups is 1. The number of Topliss-reactive ketones (excluding diaryl/α,β-unsaturated/α-hetero) is 1. The Kier molecular flexibility index (Phi) is 3.14. The van der Waals surface area contributed by atoms with Crippen molar-refractivity contribution in [2.45, 2.75) is 27.2 Å². The van der Waals surface area contributed by atoms with Crippen LogP contribution in [-0.4, -0.2) is 5.78 Å². The van der Waals surface area contributed by atoms with Gasteiger partial charge in [-0.05, 0) is 43.5 Å². The standard InChI is InChI=1S/C15H16O2/c1-10-6-11(2)14(12(3)7-10)8-15(16)13-4-5-17-9-13/h4-7,9H,8H2,1-3H3. The molecule has 2 rings (SSSR count). The van der Waals surface area contributed by atoms with E-state index in [1.54, 1.807) is 6.07 Å². The lowest BCUT2D eigenvalue weighted by Crippen LogP contribution is -2.05. The van der Waals surface area contributed by atoms with Crippen LogP contribution < -0.4 is 0 Å². The minimum absolute atomic E-state index is 0.105. The second-order valence-corrected chi connectivity index (χ2v) is 4.49. The van der Waals surface area contributed by atoms with Gasteiger partial charge in [0.1, 0.15) is 6.26 Å². The summed E-state index contributed by atoms with van der Waals surface area (Å²) in [5.74, 6) is 0.105. The van der Waals surface area contributed by atoms with E-state index >= 15 is 0 Å². The molecule has 0 fully saturated rings. The molecule has 0 spiro atoms. The van der Waals surface area contributed by atoms with Crippen LogP contribution in [0.1, 0.15) is 32.6 Å². The lowest BCUT2D eigenvalue weighted by molar-refractivity contribution is 0.0992. The number of aryl methyl sites for hydroxylation is 3. The normalized spacial score (nSPS) is 10.5. The Hall–Kier alpha value is -1.83. The Morgan fingerprint density at radius 1 is 1.18 bits per heavy atom. The minimum Gasteiger partial charge on any atom is -0.472 e. The molecule has 2 nitrogen and oxygen atoms in total. The summed E-state index contributed by atoms with van der Waals surface area (Å²) in [4.78, 5) is 12.0. The second-order valence-electron chi connectivity index (χ2n) is 4.49. The molecule has 1 aromatic heterocycles. The molecule has 0 N–H and O–H groups in total. The molecule has 0 atom stereocenters. The van der Waals surface area contributed by atoms with Crippen molar-refractivity contribution >= 4 is 5.78 Å². The molecule has 1 aromatic carbocycles. The van der Waals surface area contributed by atoms with Gasteiger partial charge in [-0.2, -0.15) is 0 Å². The molecule has 0 unspecified atom stereocenters. The van der Waals surface area contributed by atoms with Gasteiger partial charge in [-0.25, -0.2) is 0 Å². The molecule has 88 valence electrons. The molecule has 0 saturated heterocycles. The first-order valence-electron chi connectivity index (χ1n) is 5.70. The number of furan rings is 1. The molecule has 0 radical (unpaired) electrons. The number of benzene rings is 1. The van der Waals surface area contributed by atoms with E-state index in [9.17, 15) is 4.79 Å². The van der Waals surface area contributed by atoms with Crippen molar-refractivity contribution in [1.29, 1.82) is 0 Å². The van der Waals surface area contributed by atoms with Crippen molar-refractivity contribution in [2.24, 2.45) is 0 Å². The topological polar surface area (TPSA) is 30.2 Å². The van der Waals surface area contributed by atoms with Crippen LogP contribution in [0.4, 0.5) is 0 Å². The Bertz CT molecular complexity index is 513. The fraction of sp³-hybridized carbons (Fsp3) is 0.267. The Morgan fingerprint density at radius 2 is 1.82 bits per heavy atom. The van der Waals surface area contributed by atoms with Gasteiger partial charge in [-0.3, -0.25) is 4.79 Å². The van der Waals surface area contributed by atoms with Crippen molar-refractivity contribution in [1.82, 2.24) is 0 Å². The van der Waals surface area contributed by atoms with Crippen LogP contribution >= 0.6 is 0 Å². The van der Waals surface area contributed by atoms with E-state index in [2.05, 4.69) is 32.9 Å². The number of carbonyl (C=O) groups excluding carboxylic acids is 1. The van der Waals surface area contributed by atoms with Crippen molar-refractivity contribution in [3.8, 4) is 0 Å². The van der Waals surface area contributed by atoms with Crippen LogP contribution in [0.3, 0.4) is 0 Å². The summed E-state index contributed by atoms with van der Waals surface area (Å²) in [6.45, 7) is 6.18. The molecule has 0 bridgehead atoms. The molecule has 2 heteroatoms. The van der Waals surface area contributed by atoms with Crippen LogP contribution in [0.5, 0.6) is 0 Å². The lowest BCUT2D eigenvalue weighted by Gasteiger charge is -2.10.